The highest BCUT2D eigenvalue weighted by atomic mass is 16.6. The first-order valence-electron chi connectivity index (χ1n) is 7.05. The third kappa shape index (κ3) is 2.29. The molecule has 0 amide bonds. The van der Waals surface area contributed by atoms with Crippen molar-refractivity contribution in [2.24, 2.45) is 0 Å². The van der Waals surface area contributed by atoms with Gasteiger partial charge in [-0.3, -0.25) is 15.0 Å². The molecule has 20 heavy (non-hydrogen) atoms. The highest BCUT2D eigenvalue weighted by molar-refractivity contribution is 5.67. The Morgan fingerprint density at radius 1 is 1.30 bits per heavy atom. The van der Waals surface area contributed by atoms with Crippen molar-refractivity contribution >= 4 is 11.4 Å². The van der Waals surface area contributed by atoms with E-state index in [0.29, 0.717) is 6.04 Å². The molecule has 1 saturated heterocycles. The van der Waals surface area contributed by atoms with Gasteiger partial charge in [-0.15, -0.1) is 0 Å². The first-order valence-corrected chi connectivity index (χ1v) is 7.05. The van der Waals surface area contributed by atoms with Crippen LogP contribution in [0.25, 0.3) is 0 Å². The molecule has 2 aliphatic rings. The van der Waals surface area contributed by atoms with Crippen LogP contribution in [0.1, 0.15) is 12.0 Å². The Kier molecular flexibility index (Phi) is 3.44. The van der Waals surface area contributed by atoms with Crippen LogP contribution in [-0.4, -0.2) is 42.0 Å². The van der Waals surface area contributed by atoms with Crippen LogP contribution in [0.4, 0.5) is 11.4 Å². The first-order chi connectivity index (χ1) is 9.66. The summed E-state index contributed by atoms with van der Waals surface area (Å²) in [4.78, 5) is 15.6. The van der Waals surface area contributed by atoms with Crippen molar-refractivity contribution in [1.29, 1.82) is 0 Å². The molecule has 0 radical (unpaired) electrons. The minimum absolute atomic E-state index is 0.255. The topological polar surface area (TPSA) is 49.6 Å². The van der Waals surface area contributed by atoms with Crippen LogP contribution in [0.3, 0.4) is 0 Å². The zero-order valence-corrected chi connectivity index (χ0v) is 11.7. The lowest BCUT2D eigenvalue weighted by Gasteiger charge is -2.24. The molecule has 2 heterocycles. The van der Waals surface area contributed by atoms with Gasteiger partial charge in [-0.25, -0.2) is 0 Å². The highest BCUT2D eigenvalue weighted by Gasteiger charge is 2.31. The molecule has 2 aliphatic heterocycles. The van der Waals surface area contributed by atoms with Gasteiger partial charge in [0.15, 0.2) is 0 Å². The summed E-state index contributed by atoms with van der Waals surface area (Å²) in [6.45, 7) is 5.60. The number of para-hydroxylation sites is 1. The molecule has 0 spiro atoms. The Morgan fingerprint density at radius 2 is 2.05 bits per heavy atom. The van der Waals surface area contributed by atoms with E-state index in [4.69, 9.17) is 0 Å². The standard InChI is InChI=1S/C15H19N3O2/c1-12-5-4-6-14(15(12)18(19)20)17-10-7-13(11-17)16-8-2-3-9-16/h2-6,13H,7-11H2,1H3/t13-/m0/s1. The molecule has 0 saturated carbocycles. The van der Waals surface area contributed by atoms with Crippen LogP contribution >= 0.6 is 0 Å². The summed E-state index contributed by atoms with van der Waals surface area (Å²) in [5, 5.41) is 11.3. The molecule has 0 aliphatic carbocycles. The predicted molar refractivity (Wildman–Crippen MR) is 79.2 cm³/mol. The summed E-state index contributed by atoms with van der Waals surface area (Å²) >= 11 is 0. The van der Waals surface area contributed by atoms with E-state index in [1.54, 1.807) is 13.0 Å². The Labute approximate surface area is 118 Å². The minimum Gasteiger partial charge on any atom is -0.364 e. The molecular weight excluding hydrogens is 254 g/mol. The van der Waals surface area contributed by atoms with E-state index >= 15 is 0 Å². The first kappa shape index (κ1) is 13.1. The van der Waals surface area contributed by atoms with Crippen molar-refractivity contribution in [2.75, 3.05) is 31.1 Å². The fraction of sp³-hybridized carbons (Fsp3) is 0.467. The van der Waals surface area contributed by atoms with Gasteiger partial charge in [0.1, 0.15) is 5.69 Å². The quantitative estimate of drug-likeness (QED) is 0.482. The van der Waals surface area contributed by atoms with E-state index in [0.717, 1.165) is 43.9 Å². The number of nitrogens with zero attached hydrogens (tertiary/aromatic N) is 3. The number of nitro benzene ring substituents is 1. The van der Waals surface area contributed by atoms with Crippen molar-refractivity contribution in [1.82, 2.24) is 4.90 Å². The molecular formula is C15H19N3O2. The van der Waals surface area contributed by atoms with Crippen LogP contribution in [0.5, 0.6) is 0 Å². The fourth-order valence-electron chi connectivity index (χ4n) is 3.19. The Hall–Kier alpha value is -1.88. The zero-order valence-electron chi connectivity index (χ0n) is 11.7. The molecule has 0 unspecified atom stereocenters. The molecule has 0 aromatic heterocycles. The lowest BCUT2D eigenvalue weighted by atomic mass is 10.1. The van der Waals surface area contributed by atoms with Gasteiger partial charge >= 0.3 is 0 Å². The van der Waals surface area contributed by atoms with E-state index in [9.17, 15) is 10.1 Å². The molecule has 1 aromatic carbocycles. The number of aryl methyl sites for hydroxylation is 1. The molecule has 1 atom stereocenters. The third-order valence-corrected chi connectivity index (χ3v) is 4.27. The van der Waals surface area contributed by atoms with Gasteiger partial charge in [0.25, 0.3) is 5.69 Å². The van der Waals surface area contributed by atoms with Crippen LogP contribution in [0, 0.1) is 17.0 Å². The number of anilines is 1. The molecule has 106 valence electrons. The van der Waals surface area contributed by atoms with Crippen LogP contribution in [-0.2, 0) is 0 Å². The van der Waals surface area contributed by atoms with Crippen molar-refractivity contribution in [2.45, 2.75) is 19.4 Å². The van der Waals surface area contributed by atoms with Gasteiger partial charge in [0.2, 0.25) is 0 Å². The largest absolute Gasteiger partial charge is 0.364 e. The monoisotopic (exact) mass is 273 g/mol. The lowest BCUT2D eigenvalue weighted by molar-refractivity contribution is -0.384. The van der Waals surface area contributed by atoms with Crippen molar-refractivity contribution in [3.8, 4) is 0 Å². The summed E-state index contributed by atoms with van der Waals surface area (Å²) in [5.74, 6) is 0. The normalized spacial score (nSPS) is 22.6. The van der Waals surface area contributed by atoms with Gasteiger partial charge in [-0.1, -0.05) is 24.3 Å². The minimum atomic E-state index is -0.255. The Morgan fingerprint density at radius 3 is 2.75 bits per heavy atom. The van der Waals surface area contributed by atoms with Gasteiger partial charge in [-0.2, -0.15) is 0 Å². The van der Waals surface area contributed by atoms with Crippen molar-refractivity contribution < 1.29 is 4.92 Å². The Bertz CT molecular complexity index is 548. The number of benzene rings is 1. The zero-order chi connectivity index (χ0) is 14.1. The molecule has 0 N–H and O–H groups in total. The van der Waals surface area contributed by atoms with E-state index in [1.807, 2.05) is 12.1 Å². The predicted octanol–water partition coefficient (Wildman–Crippen LogP) is 2.35. The molecule has 1 fully saturated rings. The fourth-order valence-corrected chi connectivity index (χ4v) is 3.19. The van der Waals surface area contributed by atoms with Crippen molar-refractivity contribution in [3.63, 3.8) is 0 Å². The van der Waals surface area contributed by atoms with E-state index in [1.165, 1.54) is 0 Å². The lowest BCUT2D eigenvalue weighted by Crippen LogP contribution is -2.35. The molecule has 3 rings (SSSR count). The van der Waals surface area contributed by atoms with Crippen LogP contribution < -0.4 is 4.90 Å². The van der Waals surface area contributed by atoms with E-state index < -0.39 is 0 Å². The maximum atomic E-state index is 11.3. The molecule has 0 bridgehead atoms. The highest BCUT2D eigenvalue weighted by Crippen LogP contribution is 2.34. The summed E-state index contributed by atoms with van der Waals surface area (Å²) in [6.07, 6.45) is 5.46. The van der Waals surface area contributed by atoms with Gasteiger partial charge in [0, 0.05) is 37.8 Å². The summed E-state index contributed by atoms with van der Waals surface area (Å²) < 4.78 is 0. The molecule has 1 aromatic rings. The summed E-state index contributed by atoms with van der Waals surface area (Å²) in [7, 11) is 0. The van der Waals surface area contributed by atoms with Crippen LogP contribution in [0.15, 0.2) is 30.4 Å². The average molecular weight is 273 g/mol. The number of nitro groups is 1. The molecule has 5 heteroatoms. The van der Waals surface area contributed by atoms with Crippen molar-refractivity contribution in [3.05, 3.63) is 46.0 Å². The summed E-state index contributed by atoms with van der Waals surface area (Å²) in [5.41, 5.74) is 1.76. The van der Waals surface area contributed by atoms with Gasteiger partial charge in [-0.05, 0) is 19.4 Å². The number of hydrogen-bond acceptors (Lipinski definition) is 4. The third-order valence-electron chi connectivity index (χ3n) is 4.27. The van der Waals surface area contributed by atoms with Gasteiger partial charge < -0.3 is 4.90 Å². The van der Waals surface area contributed by atoms with E-state index in [-0.39, 0.29) is 10.6 Å². The number of hydrogen-bond donors (Lipinski definition) is 0. The smallest absolute Gasteiger partial charge is 0.295 e. The second-order valence-electron chi connectivity index (χ2n) is 5.51. The second kappa shape index (κ2) is 5.25. The van der Waals surface area contributed by atoms with E-state index in [2.05, 4.69) is 22.0 Å². The maximum absolute atomic E-state index is 11.3. The Balaban J connectivity index is 1.81. The SMILES string of the molecule is Cc1cccc(N2CC[C@H](N3CC=CC3)C2)c1[N+](=O)[O-]. The average Bonchev–Trinajstić information content (AvgIpc) is 3.09. The summed E-state index contributed by atoms with van der Waals surface area (Å²) in [6, 6.07) is 6.09. The number of rotatable bonds is 3. The van der Waals surface area contributed by atoms with Crippen LogP contribution in [0.2, 0.25) is 0 Å². The second-order valence-corrected chi connectivity index (χ2v) is 5.51. The van der Waals surface area contributed by atoms with Gasteiger partial charge in [0.05, 0.1) is 4.92 Å². The maximum Gasteiger partial charge on any atom is 0.295 e. The molecule has 5 nitrogen and oxygen atoms in total.